The lowest BCUT2D eigenvalue weighted by molar-refractivity contribution is 0.0697. The summed E-state index contributed by atoms with van der Waals surface area (Å²) in [5.41, 5.74) is 1.85. The fraction of sp³-hybridized carbons (Fsp3) is 0.542. The number of hydrogen-bond acceptors (Lipinski definition) is 5. The Bertz CT molecular complexity index is 864. The summed E-state index contributed by atoms with van der Waals surface area (Å²) < 4.78 is 0. The predicted octanol–water partition coefficient (Wildman–Crippen LogP) is 5.92. The van der Waals surface area contributed by atoms with Gasteiger partial charge in [-0.25, -0.2) is 9.97 Å². The van der Waals surface area contributed by atoms with Crippen LogP contribution in [0.3, 0.4) is 0 Å². The molecule has 1 fully saturated rings. The minimum absolute atomic E-state index is 0.134. The van der Waals surface area contributed by atoms with Crippen molar-refractivity contribution in [3.63, 3.8) is 0 Å². The van der Waals surface area contributed by atoms with E-state index < -0.39 is 0 Å². The van der Waals surface area contributed by atoms with E-state index in [1.807, 2.05) is 35.2 Å². The Morgan fingerprint density at radius 3 is 2.55 bits per heavy atom. The number of halogens is 1. The van der Waals surface area contributed by atoms with E-state index in [-0.39, 0.29) is 5.91 Å². The summed E-state index contributed by atoms with van der Waals surface area (Å²) in [5, 5.41) is 1.13. The molecule has 0 spiro atoms. The summed E-state index contributed by atoms with van der Waals surface area (Å²) in [4.78, 5) is 26.3. The van der Waals surface area contributed by atoms with Crippen LogP contribution in [0.15, 0.2) is 35.5 Å². The Hall–Kier alpha value is -1.79. The van der Waals surface area contributed by atoms with Crippen molar-refractivity contribution < 1.29 is 4.79 Å². The third-order valence-corrected chi connectivity index (χ3v) is 6.70. The monoisotopic (exact) mass is 460 g/mol. The molecule has 1 aromatic carbocycles. The number of benzene rings is 1. The van der Waals surface area contributed by atoms with Crippen LogP contribution in [0.25, 0.3) is 0 Å². The van der Waals surface area contributed by atoms with Crippen LogP contribution in [0.4, 0.5) is 5.82 Å². The molecule has 0 N–H and O–H groups in total. The molecule has 0 aliphatic carbocycles. The molecule has 1 aliphatic rings. The summed E-state index contributed by atoms with van der Waals surface area (Å²) in [5.74, 6) is 2.42. The van der Waals surface area contributed by atoms with Crippen molar-refractivity contribution >= 4 is 35.1 Å². The molecule has 3 rings (SSSR count). The Morgan fingerprint density at radius 2 is 1.87 bits per heavy atom. The molecule has 5 nitrogen and oxygen atoms in total. The highest BCUT2D eigenvalue weighted by Gasteiger charge is 2.21. The molecule has 2 aromatic rings. The van der Waals surface area contributed by atoms with Gasteiger partial charge in [-0.1, -0.05) is 56.3 Å². The molecule has 0 atom stereocenters. The highest BCUT2D eigenvalue weighted by atomic mass is 35.5. The molecule has 1 aromatic heterocycles. The number of piperidine rings is 1. The van der Waals surface area contributed by atoms with Gasteiger partial charge in [-0.15, -0.1) is 0 Å². The zero-order valence-electron chi connectivity index (χ0n) is 18.8. The van der Waals surface area contributed by atoms with E-state index in [9.17, 15) is 4.79 Å². The van der Waals surface area contributed by atoms with Gasteiger partial charge in [-0.05, 0) is 49.3 Å². The van der Waals surface area contributed by atoms with E-state index in [0.29, 0.717) is 22.0 Å². The lowest BCUT2D eigenvalue weighted by Gasteiger charge is -2.30. The summed E-state index contributed by atoms with van der Waals surface area (Å²) >= 11 is 7.85. The van der Waals surface area contributed by atoms with Crippen LogP contribution in [-0.2, 0) is 5.75 Å². The first-order valence-electron chi connectivity index (χ1n) is 11.3. The molecule has 0 radical (unpaired) electrons. The number of anilines is 1. The SMILES string of the molecule is CCCN(CCC)c1cc(Cl)nc(SCc2cccc(C(=O)N3CCC(C)CC3)c2)n1. The van der Waals surface area contributed by atoms with Crippen molar-refractivity contribution in [3.05, 3.63) is 46.6 Å². The number of hydrogen-bond donors (Lipinski definition) is 0. The lowest BCUT2D eigenvalue weighted by atomic mass is 9.98. The van der Waals surface area contributed by atoms with E-state index >= 15 is 0 Å². The first-order valence-corrected chi connectivity index (χ1v) is 12.7. The summed E-state index contributed by atoms with van der Waals surface area (Å²) in [6.07, 6.45) is 4.29. The zero-order valence-corrected chi connectivity index (χ0v) is 20.4. The van der Waals surface area contributed by atoms with E-state index in [1.54, 1.807) is 11.8 Å². The van der Waals surface area contributed by atoms with Crippen molar-refractivity contribution in [2.45, 2.75) is 57.4 Å². The van der Waals surface area contributed by atoms with Crippen molar-refractivity contribution in [2.75, 3.05) is 31.1 Å². The van der Waals surface area contributed by atoms with Gasteiger partial charge in [0.15, 0.2) is 5.16 Å². The highest BCUT2D eigenvalue weighted by molar-refractivity contribution is 7.98. The number of nitrogens with zero attached hydrogens (tertiary/aromatic N) is 4. The highest BCUT2D eigenvalue weighted by Crippen LogP contribution is 2.26. The minimum atomic E-state index is 0.134. The minimum Gasteiger partial charge on any atom is -0.356 e. The smallest absolute Gasteiger partial charge is 0.253 e. The van der Waals surface area contributed by atoms with Gasteiger partial charge in [-0.2, -0.15) is 0 Å². The van der Waals surface area contributed by atoms with Crippen LogP contribution >= 0.6 is 23.4 Å². The molecule has 7 heteroatoms. The first-order chi connectivity index (χ1) is 15.0. The third kappa shape index (κ3) is 6.84. The Kier molecular flexibility index (Phi) is 9.02. The first kappa shape index (κ1) is 23.9. The maximum atomic E-state index is 12.9. The van der Waals surface area contributed by atoms with E-state index in [1.165, 1.54) is 0 Å². The molecular formula is C24H33ClN4OS. The van der Waals surface area contributed by atoms with E-state index in [2.05, 4.69) is 30.7 Å². The Morgan fingerprint density at radius 1 is 1.16 bits per heavy atom. The van der Waals surface area contributed by atoms with Crippen molar-refractivity contribution in [1.82, 2.24) is 14.9 Å². The molecule has 1 saturated heterocycles. The number of likely N-dealkylation sites (tertiary alicyclic amines) is 1. The fourth-order valence-electron chi connectivity index (χ4n) is 3.83. The van der Waals surface area contributed by atoms with Gasteiger partial charge in [0.25, 0.3) is 5.91 Å². The molecule has 31 heavy (non-hydrogen) atoms. The molecule has 2 heterocycles. The average molecular weight is 461 g/mol. The van der Waals surface area contributed by atoms with Crippen LogP contribution in [0.5, 0.6) is 0 Å². The number of amides is 1. The molecule has 0 unspecified atom stereocenters. The van der Waals surface area contributed by atoms with Crippen molar-refractivity contribution in [1.29, 1.82) is 0 Å². The molecular weight excluding hydrogens is 428 g/mol. The number of thioether (sulfide) groups is 1. The van der Waals surface area contributed by atoms with Crippen LogP contribution in [0.1, 0.15) is 62.4 Å². The second-order valence-corrected chi connectivity index (χ2v) is 9.61. The summed E-state index contributed by atoms with van der Waals surface area (Å²) in [6, 6.07) is 9.77. The average Bonchev–Trinajstić information content (AvgIpc) is 2.77. The molecule has 168 valence electrons. The van der Waals surface area contributed by atoms with Gasteiger partial charge in [-0.3, -0.25) is 4.79 Å². The van der Waals surface area contributed by atoms with Crippen LogP contribution in [-0.4, -0.2) is 47.0 Å². The van der Waals surface area contributed by atoms with Gasteiger partial charge >= 0.3 is 0 Å². The maximum absolute atomic E-state index is 12.9. The second kappa shape index (κ2) is 11.7. The Balaban J connectivity index is 1.67. The van der Waals surface area contributed by atoms with Gasteiger partial charge in [0, 0.05) is 43.6 Å². The fourth-order valence-corrected chi connectivity index (χ4v) is 4.85. The topological polar surface area (TPSA) is 49.3 Å². The standard InChI is InChI=1S/C24H33ClN4OS/c1-4-11-28(12-5-2)22-16-21(25)26-24(27-22)31-17-19-7-6-8-20(15-19)23(30)29-13-9-18(3)10-14-29/h6-8,15-16,18H,4-5,9-14,17H2,1-3H3. The normalized spacial score (nSPS) is 14.6. The van der Waals surface area contributed by atoms with Gasteiger partial charge in [0.2, 0.25) is 0 Å². The molecule has 0 saturated carbocycles. The van der Waals surface area contributed by atoms with E-state index in [4.69, 9.17) is 16.6 Å². The van der Waals surface area contributed by atoms with Gasteiger partial charge < -0.3 is 9.80 Å². The number of carbonyl (C=O) groups excluding carboxylic acids is 1. The quantitative estimate of drug-likeness (QED) is 0.264. The Labute approximate surface area is 195 Å². The number of aromatic nitrogens is 2. The maximum Gasteiger partial charge on any atom is 0.253 e. The number of carbonyl (C=O) groups is 1. The molecule has 0 bridgehead atoms. The zero-order chi connectivity index (χ0) is 22.2. The summed E-state index contributed by atoms with van der Waals surface area (Å²) in [7, 11) is 0. The van der Waals surface area contributed by atoms with Crippen LogP contribution < -0.4 is 4.90 Å². The molecule has 1 amide bonds. The third-order valence-electron chi connectivity index (χ3n) is 5.58. The van der Waals surface area contributed by atoms with Gasteiger partial charge in [0.1, 0.15) is 11.0 Å². The second-order valence-electron chi connectivity index (χ2n) is 8.28. The van der Waals surface area contributed by atoms with Crippen LogP contribution in [0, 0.1) is 5.92 Å². The van der Waals surface area contributed by atoms with Crippen LogP contribution in [0.2, 0.25) is 5.15 Å². The molecule has 1 aliphatic heterocycles. The van der Waals surface area contributed by atoms with E-state index in [0.717, 1.165) is 68.8 Å². The predicted molar refractivity (Wildman–Crippen MR) is 130 cm³/mol. The lowest BCUT2D eigenvalue weighted by Crippen LogP contribution is -2.37. The largest absolute Gasteiger partial charge is 0.356 e. The van der Waals surface area contributed by atoms with Crippen molar-refractivity contribution in [3.8, 4) is 0 Å². The van der Waals surface area contributed by atoms with Gasteiger partial charge in [0.05, 0.1) is 0 Å². The van der Waals surface area contributed by atoms with Crippen molar-refractivity contribution in [2.24, 2.45) is 5.92 Å². The summed E-state index contributed by atoms with van der Waals surface area (Å²) in [6.45, 7) is 10.2. The number of rotatable bonds is 9.